The molecule has 1 aromatic rings. The number of benzene rings is 1. The van der Waals surface area contributed by atoms with Gasteiger partial charge in [-0.15, -0.1) is 0 Å². The number of carbonyl (C=O) groups excluding carboxylic acids is 1. The number of aliphatic hydroxyl groups excluding tert-OH is 5. The van der Waals surface area contributed by atoms with Crippen LogP contribution in [0, 0.1) is 11.8 Å². The summed E-state index contributed by atoms with van der Waals surface area (Å²) in [6, 6.07) is 6.24. The van der Waals surface area contributed by atoms with E-state index >= 15 is 0 Å². The highest BCUT2D eigenvalue weighted by atomic mass is 16.8. The van der Waals surface area contributed by atoms with E-state index in [1.165, 1.54) is 36.6 Å². The van der Waals surface area contributed by atoms with Gasteiger partial charge in [0.2, 0.25) is 6.29 Å². The zero-order valence-corrected chi connectivity index (χ0v) is 18.5. The van der Waals surface area contributed by atoms with Crippen LogP contribution < -0.4 is 0 Å². The Morgan fingerprint density at radius 3 is 2.49 bits per heavy atom. The predicted molar refractivity (Wildman–Crippen MR) is 118 cm³/mol. The summed E-state index contributed by atoms with van der Waals surface area (Å²) < 4.78 is 22.0. The minimum atomic E-state index is -1.62. The molecule has 35 heavy (non-hydrogen) atoms. The Morgan fingerprint density at radius 1 is 1.03 bits per heavy atom. The number of fused-ring (bicyclic) bond motifs is 1. The quantitative estimate of drug-likeness (QED) is 0.159. The molecule has 0 aromatic heterocycles. The number of esters is 1. The lowest BCUT2D eigenvalue weighted by Crippen LogP contribution is -2.60. The molecule has 0 unspecified atom stereocenters. The number of hydrogen-bond donors (Lipinski definition) is 6. The molecule has 6 N–H and O–H groups in total. The van der Waals surface area contributed by atoms with Crippen LogP contribution in [0.1, 0.15) is 5.56 Å². The van der Waals surface area contributed by atoms with E-state index in [1.807, 2.05) is 0 Å². The summed E-state index contributed by atoms with van der Waals surface area (Å²) >= 11 is 0. The van der Waals surface area contributed by atoms with Gasteiger partial charge in [0.25, 0.3) is 0 Å². The Hall–Kier alpha value is -2.77. The van der Waals surface area contributed by atoms with E-state index in [0.717, 1.165) is 0 Å². The average molecular weight is 492 g/mol. The first kappa shape index (κ1) is 25.3. The average Bonchev–Trinajstić information content (AvgIpc) is 3.19. The highest BCUT2D eigenvalue weighted by Crippen LogP contribution is 2.41. The van der Waals surface area contributed by atoms with Crippen molar-refractivity contribution in [2.75, 3.05) is 13.2 Å². The summed E-state index contributed by atoms with van der Waals surface area (Å²) in [6.45, 7) is -0.775. The van der Waals surface area contributed by atoms with Gasteiger partial charge in [-0.05, 0) is 35.4 Å². The lowest BCUT2D eigenvalue weighted by Gasteiger charge is -2.42. The van der Waals surface area contributed by atoms with E-state index in [2.05, 4.69) is 0 Å². The Labute approximate surface area is 200 Å². The number of aromatic hydroxyl groups is 1. The predicted octanol–water partition coefficient (Wildman–Crippen LogP) is -0.832. The van der Waals surface area contributed by atoms with Gasteiger partial charge < -0.3 is 49.6 Å². The molecule has 2 heterocycles. The molecular formula is C24H28O11. The summed E-state index contributed by atoms with van der Waals surface area (Å²) in [7, 11) is 0. The molecule has 2 aliphatic heterocycles. The van der Waals surface area contributed by atoms with Gasteiger partial charge >= 0.3 is 5.97 Å². The van der Waals surface area contributed by atoms with Crippen LogP contribution in [0.25, 0.3) is 6.08 Å². The maximum absolute atomic E-state index is 12.2. The molecule has 0 radical (unpaired) electrons. The zero-order chi connectivity index (χ0) is 25.1. The van der Waals surface area contributed by atoms with E-state index < -0.39 is 67.5 Å². The van der Waals surface area contributed by atoms with Crippen LogP contribution in [0.3, 0.4) is 0 Å². The summed E-state index contributed by atoms with van der Waals surface area (Å²) in [4.78, 5) is 12.2. The van der Waals surface area contributed by atoms with Crippen LogP contribution in [0.15, 0.2) is 54.3 Å². The number of phenols is 1. The summed E-state index contributed by atoms with van der Waals surface area (Å²) in [6.07, 6.45) is -2.08. The summed E-state index contributed by atoms with van der Waals surface area (Å²) in [5.41, 5.74) is 1.21. The van der Waals surface area contributed by atoms with Crippen molar-refractivity contribution in [2.45, 2.75) is 43.1 Å². The Bertz CT molecular complexity index is 970. The fourth-order valence-corrected chi connectivity index (χ4v) is 4.31. The molecule has 0 saturated carbocycles. The standard InChI is InChI=1S/C24H28O11/c25-10-17-20(29)21(30)22(31)24(34-17)35-23-19-13(9-16(27)15(19)7-8-32-23)11-33-18(28)6-3-12-1-4-14(26)5-2-12/h1-9,15-17,19-27,29-31H,10-11H2/t15-,16+,17+,19+,20+,21-,22+,23-,24-/m0/s1. The van der Waals surface area contributed by atoms with E-state index in [1.54, 1.807) is 18.2 Å². The molecule has 3 aliphatic rings. The zero-order valence-electron chi connectivity index (χ0n) is 18.5. The van der Waals surface area contributed by atoms with Gasteiger partial charge in [0.05, 0.1) is 24.9 Å². The molecule has 1 saturated heterocycles. The third-order valence-electron chi connectivity index (χ3n) is 6.23. The number of ether oxygens (including phenoxy) is 4. The molecule has 9 atom stereocenters. The first-order chi connectivity index (χ1) is 16.8. The summed E-state index contributed by atoms with van der Waals surface area (Å²) in [5, 5.41) is 59.4. The van der Waals surface area contributed by atoms with Crippen LogP contribution in [-0.4, -0.2) is 92.9 Å². The molecule has 4 rings (SSSR count). The molecule has 11 heteroatoms. The maximum atomic E-state index is 12.2. The normalized spacial score (nSPS) is 36.5. The smallest absolute Gasteiger partial charge is 0.331 e. The molecule has 1 fully saturated rings. The fraction of sp³-hybridized carbons (Fsp3) is 0.458. The van der Waals surface area contributed by atoms with Crippen molar-refractivity contribution >= 4 is 12.0 Å². The highest BCUT2D eigenvalue weighted by Gasteiger charge is 2.49. The van der Waals surface area contributed by atoms with Crippen molar-refractivity contribution in [1.29, 1.82) is 0 Å². The number of hydrogen-bond acceptors (Lipinski definition) is 11. The van der Waals surface area contributed by atoms with Crippen molar-refractivity contribution in [3.05, 3.63) is 59.9 Å². The first-order valence-electron chi connectivity index (χ1n) is 11.1. The minimum absolute atomic E-state index is 0.107. The minimum Gasteiger partial charge on any atom is -0.508 e. The molecule has 190 valence electrons. The highest BCUT2D eigenvalue weighted by molar-refractivity contribution is 5.87. The van der Waals surface area contributed by atoms with Crippen molar-refractivity contribution in [3.8, 4) is 5.75 Å². The van der Waals surface area contributed by atoms with Gasteiger partial charge in [0.1, 0.15) is 36.8 Å². The lowest BCUT2D eigenvalue weighted by atomic mass is 9.88. The van der Waals surface area contributed by atoms with E-state index in [9.17, 15) is 35.4 Å². The van der Waals surface area contributed by atoms with Gasteiger partial charge in [-0.1, -0.05) is 18.2 Å². The SMILES string of the molecule is O=C(C=Cc1ccc(O)cc1)OCC1=C[C@@H](O)[C@@H]2C=CO[C@@H](O[C@@H]3O[C@H](CO)[C@@H](O)[C@H](O)[C@H]3O)[C@H]12. The van der Waals surface area contributed by atoms with E-state index in [-0.39, 0.29) is 12.4 Å². The van der Waals surface area contributed by atoms with Crippen LogP contribution in [0.2, 0.25) is 0 Å². The van der Waals surface area contributed by atoms with Crippen molar-refractivity contribution in [1.82, 2.24) is 0 Å². The van der Waals surface area contributed by atoms with Crippen LogP contribution in [0.5, 0.6) is 5.75 Å². The second kappa shape index (κ2) is 10.9. The molecule has 0 bridgehead atoms. The largest absolute Gasteiger partial charge is 0.508 e. The summed E-state index contributed by atoms with van der Waals surface area (Å²) in [5.74, 6) is -1.58. The van der Waals surface area contributed by atoms with Crippen molar-refractivity contribution in [2.24, 2.45) is 11.8 Å². The van der Waals surface area contributed by atoms with Gasteiger partial charge in [0.15, 0.2) is 6.29 Å². The topological polar surface area (TPSA) is 175 Å². The van der Waals surface area contributed by atoms with E-state index in [0.29, 0.717) is 11.1 Å². The van der Waals surface area contributed by atoms with Gasteiger partial charge in [-0.25, -0.2) is 4.79 Å². The van der Waals surface area contributed by atoms with Crippen LogP contribution in [0.4, 0.5) is 0 Å². The molecule has 0 spiro atoms. The molecular weight excluding hydrogens is 464 g/mol. The molecule has 0 amide bonds. The lowest BCUT2D eigenvalue weighted by molar-refractivity contribution is -0.339. The molecule has 1 aromatic carbocycles. The van der Waals surface area contributed by atoms with Crippen molar-refractivity contribution < 1.29 is 54.4 Å². The second-order valence-corrected chi connectivity index (χ2v) is 8.53. The third kappa shape index (κ3) is 5.57. The Balaban J connectivity index is 1.40. The fourth-order valence-electron chi connectivity index (χ4n) is 4.31. The number of phenolic OH excluding ortho intramolecular Hbond substituents is 1. The first-order valence-corrected chi connectivity index (χ1v) is 11.1. The van der Waals surface area contributed by atoms with Gasteiger partial charge in [0, 0.05) is 12.0 Å². The van der Waals surface area contributed by atoms with Crippen LogP contribution >= 0.6 is 0 Å². The number of carbonyl (C=O) groups is 1. The van der Waals surface area contributed by atoms with Gasteiger partial charge in [-0.2, -0.15) is 0 Å². The Kier molecular flexibility index (Phi) is 7.87. The molecule has 1 aliphatic carbocycles. The Morgan fingerprint density at radius 2 is 1.77 bits per heavy atom. The van der Waals surface area contributed by atoms with Gasteiger partial charge in [-0.3, -0.25) is 0 Å². The number of aliphatic hydroxyl groups is 5. The maximum Gasteiger partial charge on any atom is 0.331 e. The third-order valence-corrected chi connectivity index (χ3v) is 6.23. The monoisotopic (exact) mass is 492 g/mol. The van der Waals surface area contributed by atoms with Crippen molar-refractivity contribution in [3.63, 3.8) is 0 Å². The van der Waals surface area contributed by atoms with E-state index in [4.69, 9.17) is 18.9 Å². The second-order valence-electron chi connectivity index (χ2n) is 8.53. The molecule has 11 nitrogen and oxygen atoms in total. The van der Waals surface area contributed by atoms with Crippen LogP contribution in [-0.2, 0) is 23.7 Å². The number of rotatable bonds is 7.